The summed E-state index contributed by atoms with van der Waals surface area (Å²) in [6.45, 7) is 5.95. The van der Waals surface area contributed by atoms with Crippen molar-refractivity contribution in [2.75, 3.05) is 10.6 Å². The van der Waals surface area contributed by atoms with Crippen LogP contribution in [0.5, 0.6) is 5.75 Å². The molecule has 25 heavy (non-hydrogen) atoms. The van der Waals surface area contributed by atoms with Gasteiger partial charge in [-0.2, -0.15) is 0 Å². The maximum absolute atomic E-state index is 12.6. The van der Waals surface area contributed by atoms with Gasteiger partial charge < -0.3 is 15.4 Å². The van der Waals surface area contributed by atoms with Gasteiger partial charge in [0.1, 0.15) is 5.75 Å². The molecule has 2 heterocycles. The predicted molar refractivity (Wildman–Crippen MR) is 101 cm³/mol. The molecule has 0 saturated carbocycles. The molecule has 0 radical (unpaired) electrons. The minimum absolute atomic E-state index is 0.126. The Morgan fingerprint density at radius 1 is 1.32 bits per heavy atom. The zero-order chi connectivity index (χ0) is 18.0. The molecule has 3 rings (SSSR count). The van der Waals surface area contributed by atoms with Crippen LogP contribution >= 0.6 is 11.3 Å². The molecule has 1 aromatic carbocycles. The number of anilines is 2. The number of hydrogen-bond acceptors (Lipinski definition) is 4. The molecule has 0 bridgehead atoms. The lowest BCUT2D eigenvalue weighted by molar-refractivity contribution is -0.122. The van der Waals surface area contributed by atoms with E-state index >= 15 is 0 Å². The monoisotopic (exact) mass is 358 g/mol. The highest BCUT2D eigenvalue weighted by Crippen LogP contribution is 2.32. The zero-order valence-corrected chi connectivity index (χ0v) is 15.5. The molecule has 2 aromatic rings. The lowest BCUT2D eigenvalue weighted by atomic mass is 10.1. The fraction of sp³-hybridized carbons (Fsp3) is 0.368. The minimum atomic E-state index is -0.511. The zero-order valence-electron chi connectivity index (χ0n) is 14.6. The summed E-state index contributed by atoms with van der Waals surface area (Å²) in [4.78, 5) is 26.3. The molecule has 1 aliphatic heterocycles. The smallest absolute Gasteiger partial charge is 0.265 e. The molecule has 132 valence electrons. The normalized spacial score (nSPS) is 16.0. The van der Waals surface area contributed by atoms with Gasteiger partial charge in [0.2, 0.25) is 0 Å². The van der Waals surface area contributed by atoms with E-state index in [0.717, 1.165) is 19.3 Å². The fourth-order valence-corrected chi connectivity index (χ4v) is 4.05. The summed E-state index contributed by atoms with van der Waals surface area (Å²) >= 11 is 1.56. The summed E-state index contributed by atoms with van der Waals surface area (Å²) in [6, 6.07) is 7.24. The van der Waals surface area contributed by atoms with Crippen LogP contribution < -0.4 is 15.4 Å². The van der Waals surface area contributed by atoms with E-state index < -0.39 is 6.10 Å². The SMILES string of the molecule is CCCc1sc(C(=O)Nc2ccc3c(c2)NC(=O)C(C)O3)cc1CC. The number of ether oxygens (including phenoxy) is 1. The summed E-state index contributed by atoms with van der Waals surface area (Å²) in [6.07, 6.45) is 2.49. The van der Waals surface area contributed by atoms with E-state index in [1.807, 2.05) is 6.07 Å². The van der Waals surface area contributed by atoms with Crippen LogP contribution in [0.3, 0.4) is 0 Å². The summed E-state index contributed by atoms with van der Waals surface area (Å²) in [7, 11) is 0. The highest BCUT2D eigenvalue weighted by atomic mass is 32.1. The highest BCUT2D eigenvalue weighted by Gasteiger charge is 2.24. The molecule has 1 aliphatic rings. The van der Waals surface area contributed by atoms with Gasteiger partial charge in [-0.05, 0) is 49.6 Å². The maximum atomic E-state index is 12.6. The maximum Gasteiger partial charge on any atom is 0.265 e. The van der Waals surface area contributed by atoms with Crippen molar-refractivity contribution in [3.8, 4) is 5.75 Å². The van der Waals surface area contributed by atoms with Gasteiger partial charge in [0.05, 0.1) is 10.6 Å². The third kappa shape index (κ3) is 3.69. The molecule has 0 fully saturated rings. The molecule has 5 nitrogen and oxygen atoms in total. The standard InChI is InChI=1S/C19H22N2O3S/c1-4-6-16-12(5-2)9-17(25-16)19(23)20-13-7-8-15-14(10-13)21-18(22)11(3)24-15/h7-11H,4-6H2,1-3H3,(H,20,23)(H,21,22). The van der Waals surface area contributed by atoms with Gasteiger partial charge in [-0.25, -0.2) is 0 Å². The molecule has 6 heteroatoms. The number of amides is 2. The van der Waals surface area contributed by atoms with Crippen molar-refractivity contribution in [1.29, 1.82) is 0 Å². The first-order valence-corrected chi connectivity index (χ1v) is 9.38. The van der Waals surface area contributed by atoms with Crippen molar-refractivity contribution in [2.45, 2.75) is 46.1 Å². The second-order valence-corrected chi connectivity index (χ2v) is 7.21. The molecular formula is C19H22N2O3S. The van der Waals surface area contributed by atoms with Crippen LogP contribution in [0, 0.1) is 0 Å². The number of carbonyl (C=O) groups is 2. The average Bonchev–Trinajstić information content (AvgIpc) is 3.00. The van der Waals surface area contributed by atoms with Crippen LogP contribution in [0.1, 0.15) is 47.3 Å². The summed E-state index contributed by atoms with van der Waals surface area (Å²) in [5, 5.41) is 5.70. The van der Waals surface area contributed by atoms with Crippen LogP contribution in [0.4, 0.5) is 11.4 Å². The van der Waals surface area contributed by atoms with Crippen LogP contribution in [-0.4, -0.2) is 17.9 Å². The Kier molecular flexibility index (Phi) is 5.08. The van der Waals surface area contributed by atoms with E-state index in [4.69, 9.17) is 4.74 Å². The number of nitrogens with one attached hydrogen (secondary N) is 2. The Morgan fingerprint density at radius 3 is 2.84 bits per heavy atom. The van der Waals surface area contributed by atoms with Crippen molar-refractivity contribution >= 4 is 34.5 Å². The molecule has 1 atom stereocenters. The highest BCUT2D eigenvalue weighted by molar-refractivity contribution is 7.14. The van der Waals surface area contributed by atoms with Crippen molar-refractivity contribution in [3.05, 3.63) is 39.6 Å². The van der Waals surface area contributed by atoms with Crippen LogP contribution in [0.2, 0.25) is 0 Å². The lowest BCUT2D eigenvalue weighted by Crippen LogP contribution is -2.34. The van der Waals surface area contributed by atoms with E-state index in [9.17, 15) is 9.59 Å². The number of thiophene rings is 1. The van der Waals surface area contributed by atoms with Gasteiger partial charge in [0.15, 0.2) is 6.10 Å². The number of aryl methyl sites for hydroxylation is 2. The molecule has 0 spiro atoms. The van der Waals surface area contributed by atoms with Crippen molar-refractivity contribution in [3.63, 3.8) is 0 Å². The molecule has 1 aromatic heterocycles. The van der Waals surface area contributed by atoms with E-state index in [-0.39, 0.29) is 11.8 Å². The molecule has 2 amide bonds. The minimum Gasteiger partial charge on any atom is -0.479 e. The summed E-state index contributed by atoms with van der Waals surface area (Å²) in [5.41, 5.74) is 2.45. The van der Waals surface area contributed by atoms with Gasteiger partial charge >= 0.3 is 0 Å². The lowest BCUT2D eigenvalue weighted by Gasteiger charge is -2.23. The van der Waals surface area contributed by atoms with E-state index in [0.29, 0.717) is 22.0 Å². The number of carbonyl (C=O) groups excluding carboxylic acids is 2. The van der Waals surface area contributed by atoms with Gasteiger partial charge in [0.25, 0.3) is 11.8 Å². The third-order valence-corrected chi connectivity index (χ3v) is 5.38. The number of benzene rings is 1. The average molecular weight is 358 g/mol. The predicted octanol–water partition coefficient (Wildman–Crippen LogP) is 4.23. The number of hydrogen-bond donors (Lipinski definition) is 2. The van der Waals surface area contributed by atoms with Gasteiger partial charge in [-0.3, -0.25) is 9.59 Å². The first-order chi connectivity index (χ1) is 12.0. The summed E-state index contributed by atoms with van der Waals surface area (Å²) < 4.78 is 5.53. The van der Waals surface area contributed by atoms with Crippen molar-refractivity contribution in [1.82, 2.24) is 0 Å². The summed E-state index contributed by atoms with van der Waals surface area (Å²) in [5.74, 6) is 0.296. The molecular weight excluding hydrogens is 336 g/mol. The van der Waals surface area contributed by atoms with Gasteiger partial charge in [0, 0.05) is 10.6 Å². The van der Waals surface area contributed by atoms with Crippen molar-refractivity contribution in [2.24, 2.45) is 0 Å². The first-order valence-electron chi connectivity index (χ1n) is 8.56. The molecule has 2 N–H and O–H groups in total. The second kappa shape index (κ2) is 7.27. The Balaban J connectivity index is 1.77. The van der Waals surface area contributed by atoms with Gasteiger partial charge in [-0.1, -0.05) is 20.3 Å². The molecule has 0 aliphatic carbocycles. The van der Waals surface area contributed by atoms with E-state index in [1.165, 1.54) is 10.4 Å². The molecule has 0 saturated heterocycles. The van der Waals surface area contributed by atoms with Crippen LogP contribution in [0.25, 0.3) is 0 Å². The Morgan fingerprint density at radius 2 is 2.12 bits per heavy atom. The number of fused-ring (bicyclic) bond motifs is 1. The molecule has 1 unspecified atom stereocenters. The quantitative estimate of drug-likeness (QED) is 0.840. The first kappa shape index (κ1) is 17.5. The topological polar surface area (TPSA) is 67.4 Å². The van der Waals surface area contributed by atoms with Gasteiger partial charge in [-0.15, -0.1) is 11.3 Å². The van der Waals surface area contributed by atoms with Crippen LogP contribution in [0.15, 0.2) is 24.3 Å². The Bertz CT molecular complexity index is 813. The van der Waals surface area contributed by atoms with E-state index in [1.54, 1.807) is 36.5 Å². The Hall–Kier alpha value is -2.34. The fourth-order valence-electron chi connectivity index (χ4n) is 2.80. The van der Waals surface area contributed by atoms with E-state index in [2.05, 4.69) is 24.5 Å². The van der Waals surface area contributed by atoms with Crippen LogP contribution in [-0.2, 0) is 17.6 Å². The third-order valence-electron chi connectivity index (χ3n) is 4.15. The van der Waals surface area contributed by atoms with Crippen molar-refractivity contribution < 1.29 is 14.3 Å². The Labute approximate surface area is 151 Å². The largest absolute Gasteiger partial charge is 0.479 e. The second-order valence-electron chi connectivity index (χ2n) is 6.08. The number of rotatable bonds is 5.